The van der Waals surface area contributed by atoms with Gasteiger partial charge in [0.15, 0.2) is 5.96 Å². The van der Waals surface area contributed by atoms with Crippen LogP contribution < -0.4 is 11.1 Å². The summed E-state index contributed by atoms with van der Waals surface area (Å²) in [6, 6.07) is 3.39. The van der Waals surface area contributed by atoms with E-state index in [-0.39, 0.29) is 24.0 Å². The van der Waals surface area contributed by atoms with Gasteiger partial charge in [-0.1, -0.05) is 12.2 Å². The lowest BCUT2D eigenvalue weighted by Crippen LogP contribution is -2.40. The summed E-state index contributed by atoms with van der Waals surface area (Å²) in [6.45, 7) is 8.23. The number of morpholine rings is 1. The van der Waals surface area contributed by atoms with Gasteiger partial charge >= 0.3 is 0 Å². The number of hydrogen-bond acceptors (Lipinski definition) is 5. The molecular formula is C14H23IN4O3S2. The molecule has 24 heavy (non-hydrogen) atoms. The number of halogens is 1. The number of nitrogens with one attached hydrogen (secondary N) is 1. The third-order valence-electron chi connectivity index (χ3n) is 3.18. The van der Waals surface area contributed by atoms with E-state index in [1.54, 1.807) is 12.1 Å². The van der Waals surface area contributed by atoms with Gasteiger partial charge in [-0.2, -0.15) is 4.31 Å². The van der Waals surface area contributed by atoms with E-state index in [1.165, 1.54) is 15.6 Å². The van der Waals surface area contributed by atoms with E-state index < -0.39 is 10.0 Å². The number of sulfonamides is 1. The van der Waals surface area contributed by atoms with Crippen LogP contribution in [0.2, 0.25) is 0 Å². The molecule has 3 N–H and O–H groups in total. The molecule has 2 rings (SSSR count). The molecule has 10 heteroatoms. The molecule has 2 heterocycles. The van der Waals surface area contributed by atoms with Crippen LogP contribution in [0.1, 0.15) is 11.8 Å². The average Bonchev–Trinajstić information content (AvgIpc) is 3.01. The minimum Gasteiger partial charge on any atom is -0.379 e. The van der Waals surface area contributed by atoms with Gasteiger partial charge in [0.25, 0.3) is 10.0 Å². The van der Waals surface area contributed by atoms with Gasteiger partial charge in [0, 0.05) is 24.5 Å². The van der Waals surface area contributed by atoms with Gasteiger partial charge < -0.3 is 15.8 Å². The Kier molecular flexibility index (Phi) is 8.63. The fourth-order valence-electron chi connectivity index (χ4n) is 1.96. The molecule has 136 valence electrons. The van der Waals surface area contributed by atoms with Gasteiger partial charge in [-0.15, -0.1) is 35.3 Å². The van der Waals surface area contributed by atoms with Crippen molar-refractivity contribution in [3.05, 3.63) is 29.2 Å². The Labute approximate surface area is 164 Å². The van der Waals surface area contributed by atoms with Gasteiger partial charge in [0.1, 0.15) is 4.21 Å². The van der Waals surface area contributed by atoms with E-state index in [2.05, 4.69) is 16.9 Å². The molecule has 0 aliphatic carbocycles. The van der Waals surface area contributed by atoms with E-state index in [0.717, 1.165) is 10.5 Å². The molecule has 1 fully saturated rings. The second-order valence-corrected chi connectivity index (χ2v) is 8.58. The molecule has 7 nitrogen and oxygen atoms in total. The zero-order valence-electron chi connectivity index (χ0n) is 13.5. The van der Waals surface area contributed by atoms with Crippen LogP contribution in [0.25, 0.3) is 0 Å². The van der Waals surface area contributed by atoms with Crippen molar-refractivity contribution in [3.63, 3.8) is 0 Å². The first-order valence-electron chi connectivity index (χ1n) is 7.24. The summed E-state index contributed by atoms with van der Waals surface area (Å²) >= 11 is 1.22. The van der Waals surface area contributed by atoms with Crippen LogP contribution in [-0.4, -0.2) is 51.5 Å². The number of thiophene rings is 1. The second-order valence-electron chi connectivity index (χ2n) is 5.25. The SMILES string of the molecule is C=C(C)CNC(N)=NCc1ccc(S(=O)(=O)N2CCOCC2)s1.I. The van der Waals surface area contributed by atoms with Crippen LogP contribution in [0.3, 0.4) is 0 Å². The quantitative estimate of drug-likeness (QED) is 0.274. The predicted octanol–water partition coefficient (Wildman–Crippen LogP) is 1.37. The number of ether oxygens (including phenoxy) is 1. The van der Waals surface area contributed by atoms with Crippen molar-refractivity contribution in [2.24, 2.45) is 10.7 Å². The Morgan fingerprint density at radius 1 is 1.46 bits per heavy atom. The van der Waals surface area contributed by atoms with Crippen molar-refractivity contribution in [2.45, 2.75) is 17.7 Å². The summed E-state index contributed by atoms with van der Waals surface area (Å²) in [5, 5.41) is 2.93. The van der Waals surface area contributed by atoms with E-state index in [0.29, 0.717) is 49.6 Å². The zero-order valence-corrected chi connectivity index (χ0v) is 17.5. The fraction of sp³-hybridized carbons (Fsp3) is 0.500. The van der Waals surface area contributed by atoms with Crippen LogP contribution in [-0.2, 0) is 21.3 Å². The van der Waals surface area contributed by atoms with Crippen molar-refractivity contribution < 1.29 is 13.2 Å². The van der Waals surface area contributed by atoms with E-state index in [9.17, 15) is 8.42 Å². The molecule has 0 atom stereocenters. The number of nitrogens with zero attached hydrogens (tertiary/aromatic N) is 2. The smallest absolute Gasteiger partial charge is 0.252 e. The monoisotopic (exact) mass is 486 g/mol. The molecular weight excluding hydrogens is 463 g/mol. The van der Waals surface area contributed by atoms with E-state index in [4.69, 9.17) is 10.5 Å². The first-order valence-corrected chi connectivity index (χ1v) is 9.50. The molecule has 0 saturated carbocycles. The first-order chi connectivity index (χ1) is 10.9. The minimum absolute atomic E-state index is 0. The van der Waals surface area contributed by atoms with Crippen LogP contribution >= 0.6 is 35.3 Å². The van der Waals surface area contributed by atoms with Gasteiger partial charge in [-0.05, 0) is 19.1 Å². The van der Waals surface area contributed by atoms with Gasteiger partial charge in [-0.25, -0.2) is 13.4 Å². The summed E-state index contributed by atoms with van der Waals surface area (Å²) in [7, 11) is -3.44. The lowest BCUT2D eigenvalue weighted by atomic mass is 10.3. The molecule has 0 amide bonds. The summed E-state index contributed by atoms with van der Waals surface area (Å²) < 4.78 is 32.0. The molecule has 0 spiro atoms. The molecule has 1 aliphatic rings. The number of nitrogens with two attached hydrogens (primary N) is 1. The van der Waals surface area contributed by atoms with Crippen molar-refractivity contribution in [2.75, 3.05) is 32.8 Å². The second kappa shape index (κ2) is 9.70. The summed E-state index contributed by atoms with van der Waals surface area (Å²) in [5.41, 5.74) is 6.70. The third-order valence-corrected chi connectivity index (χ3v) is 6.61. The van der Waals surface area contributed by atoms with Crippen LogP contribution in [0, 0.1) is 0 Å². The summed E-state index contributed by atoms with van der Waals surface area (Å²) in [6.07, 6.45) is 0. The number of rotatable bonds is 6. The molecule has 1 aromatic rings. The number of aliphatic imine (C=N–C) groups is 1. The minimum atomic E-state index is -3.44. The standard InChI is InChI=1S/C14H22N4O3S2.HI/c1-11(2)9-16-14(15)17-10-12-3-4-13(22-12)23(19,20)18-5-7-21-8-6-18;/h3-4H,1,5-10H2,2H3,(H3,15,16,17);1H. The molecule has 1 saturated heterocycles. The van der Waals surface area contributed by atoms with Crippen molar-refractivity contribution >= 4 is 51.3 Å². The zero-order chi connectivity index (χ0) is 16.9. The normalized spacial score (nSPS) is 16.5. The Bertz CT molecular complexity index is 682. The van der Waals surface area contributed by atoms with Gasteiger partial charge in [-0.3, -0.25) is 0 Å². The number of guanidine groups is 1. The maximum atomic E-state index is 12.5. The topological polar surface area (TPSA) is 97.0 Å². The van der Waals surface area contributed by atoms with Gasteiger partial charge in [0.05, 0.1) is 19.8 Å². The Morgan fingerprint density at radius 3 is 2.75 bits per heavy atom. The molecule has 0 radical (unpaired) electrons. The fourth-order valence-corrected chi connectivity index (χ4v) is 4.80. The molecule has 0 bridgehead atoms. The van der Waals surface area contributed by atoms with Crippen LogP contribution in [0.4, 0.5) is 0 Å². The lowest BCUT2D eigenvalue weighted by Gasteiger charge is -2.25. The maximum absolute atomic E-state index is 12.5. The highest BCUT2D eigenvalue weighted by Crippen LogP contribution is 2.26. The van der Waals surface area contributed by atoms with Crippen molar-refractivity contribution in [3.8, 4) is 0 Å². The summed E-state index contributed by atoms with van der Waals surface area (Å²) in [4.78, 5) is 5.04. The molecule has 0 unspecified atom stereocenters. The Morgan fingerprint density at radius 2 is 2.12 bits per heavy atom. The Balaban J connectivity index is 0.00000288. The molecule has 1 aromatic heterocycles. The largest absolute Gasteiger partial charge is 0.379 e. The predicted molar refractivity (Wildman–Crippen MR) is 107 cm³/mol. The highest BCUT2D eigenvalue weighted by atomic mass is 127. The van der Waals surface area contributed by atoms with Crippen molar-refractivity contribution in [1.82, 2.24) is 9.62 Å². The maximum Gasteiger partial charge on any atom is 0.252 e. The lowest BCUT2D eigenvalue weighted by molar-refractivity contribution is 0.0731. The molecule has 1 aliphatic heterocycles. The highest BCUT2D eigenvalue weighted by Gasteiger charge is 2.27. The summed E-state index contributed by atoms with van der Waals surface area (Å²) in [5.74, 6) is 0.319. The number of hydrogen-bond donors (Lipinski definition) is 2. The van der Waals surface area contributed by atoms with Crippen LogP contribution in [0.15, 0.2) is 33.5 Å². The Hall–Kier alpha value is -0.690. The first kappa shape index (κ1) is 21.4. The van der Waals surface area contributed by atoms with Gasteiger partial charge in [0.2, 0.25) is 0 Å². The third kappa shape index (κ3) is 5.99. The van der Waals surface area contributed by atoms with Crippen LogP contribution in [0.5, 0.6) is 0 Å². The molecule has 0 aromatic carbocycles. The average molecular weight is 486 g/mol. The highest BCUT2D eigenvalue weighted by molar-refractivity contribution is 14.0. The van der Waals surface area contributed by atoms with E-state index >= 15 is 0 Å². The van der Waals surface area contributed by atoms with E-state index in [1.807, 2.05) is 6.92 Å². The van der Waals surface area contributed by atoms with Crippen molar-refractivity contribution in [1.29, 1.82) is 0 Å².